The largest absolute Gasteiger partial charge is 0.347 e. The number of pyridine rings is 1. The summed E-state index contributed by atoms with van der Waals surface area (Å²) in [5.74, 6) is 0.991. The van der Waals surface area contributed by atoms with Gasteiger partial charge in [0.25, 0.3) is 0 Å². The van der Waals surface area contributed by atoms with Crippen molar-refractivity contribution in [1.82, 2.24) is 14.9 Å². The van der Waals surface area contributed by atoms with Crippen molar-refractivity contribution >= 4 is 28.3 Å². The van der Waals surface area contributed by atoms with E-state index in [2.05, 4.69) is 45.0 Å². The van der Waals surface area contributed by atoms with Crippen molar-refractivity contribution in [3.8, 4) is 0 Å². The first-order valence-electron chi connectivity index (χ1n) is 9.91. The van der Waals surface area contributed by atoms with Crippen LogP contribution in [0.1, 0.15) is 16.8 Å². The first kappa shape index (κ1) is 17.3. The van der Waals surface area contributed by atoms with Gasteiger partial charge in [0.05, 0.1) is 12.1 Å². The highest BCUT2D eigenvalue weighted by Crippen LogP contribution is 2.31. The Kier molecular flexibility index (Phi) is 4.09. The lowest BCUT2D eigenvalue weighted by molar-refractivity contribution is -0.117. The summed E-state index contributed by atoms with van der Waals surface area (Å²) in [7, 11) is 2.14. The molecule has 2 aliphatic heterocycles. The third-order valence-corrected chi connectivity index (χ3v) is 6.01. The molecule has 0 unspecified atom stereocenters. The quantitative estimate of drug-likeness (QED) is 0.747. The Morgan fingerprint density at radius 1 is 1.14 bits per heavy atom. The molecule has 2 aliphatic rings. The predicted molar refractivity (Wildman–Crippen MR) is 112 cm³/mol. The van der Waals surface area contributed by atoms with Crippen LogP contribution < -0.4 is 15.1 Å². The van der Waals surface area contributed by atoms with Gasteiger partial charge in [0.1, 0.15) is 5.82 Å². The van der Waals surface area contributed by atoms with E-state index in [-0.39, 0.29) is 5.91 Å². The van der Waals surface area contributed by atoms with Crippen molar-refractivity contribution in [2.75, 3.05) is 36.0 Å². The minimum absolute atomic E-state index is 0.119. The van der Waals surface area contributed by atoms with Crippen LogP contribution in [0.15, 0.2) is 36.5 Å². The monoisotopic (exact) mass is 375 g/mol. The third kappa shape index (κ3) is 2.76. The number of piperazine rings is 1. The second-order valence-corrected chi connectivity index (χ2v) is 7.77. The van der Waals surface area contributed by atoms with E-state index in [1.807, 2.05) is 30.2 Å². The fourth-order valence-corrected chi connectivity index (χ4v) is 4.45. The molecule has 0 bridgehead atoms. The Labute approximate surface area is 164 Å². The summed E-state index contributed by atoms with van der Waals surface area (Å²) >= 11 is 0. The van der Waals surface area contributed by atoms with Crippen LogP contribution in [0.3, 0.4) is 0 Å². The standard InChI is InChI=1S/C22H25N5O/c1-15-3-6-21(24-12-15)26-9-10-27(22(28)14-26)16-4-5-17-18-13-23-8-7-19(18)25(2)20(17)11-16/h3-6,11-12,23H,7-10,13-14H2,1-2H3. The summed E-state index contributed by atoms with van der Waals surface area (Å²) in [6, 6.07) is 10.5. The van der Waals surface area contributed by atoms with Crippen LogP contribution in [0, 0.1) is 6.92 Å². The number of aromatic nitrogens is 2. The molecule has 0 saturated carbocycles. The predicted octanol–water partition coefficient (Wildman–Crippen LogP) is 2.38. The minimum Gasteiger partial charge on any atom is -0.347 e. The van der Waals surface area contributed by atoms with Gasteiger partial charge in [0.2, 0.25) is 5.91 Å². The molecule has 3 aromatic rings. The number of hydrogen-bond acceptors (Lipinski definition) is 4. The number of amides is 1. The first-order chi connectivity index (χ1) is 13.6. The molecule has 6 heteroatoms. The van der Waals surface area contributed by atoms with Crippen LogP contribution in [-0.2, 0) is 24.8 Å². The molecule has 1 saturated heterocycles. The van der Waals surface area contributed by atoms with Crippen molar-refractivity contribution < 1.29 is 4.79 Å². The van der Waals surface area contributed by atoms with E-state index in [9.17, 15) is 4.79 Å². The molecule has 4 heterocycles. The summed E-state index contributed by atoms with van der Waals surface area (Å²) in [5, 5.41) is 4.76. The number of fused-ring (bicyclic) bond motifs is 3. The van der Waals surface area contributed by atoms with Crippen LogP contribution in [0.5, 0.6) is 0 Å². The lowest BCUT2D eigenvalue weighted by atomic mass is 10.1. The average molecular weight is 375 g/mol. The SMILES string of the molecule is Cc1ccc(N2CCN(c3ccc4c5c(n(C)c4c3)CCNC5)C(=O)C2)nc1. The molecule has 0 aliphatic carbocycles. The number of carbonyl (C=O) groups is 1. The second kappa shape index (κ2) is 6.63. The van der Waals surface area contributed by atoms with Crippen LogP contribution in [-0.4, -0.2) is 41.6 Å². The highest BCUT2D eigenvalue weighted by molar-refractivity contribution is 6.00. The lowest BCUT2D eigenvalue weighted by Crippen LogP contribution is -2.50. The van der Waals surface area contributed by atoms with E-state index in [1.165, 1.54) is 22.2 Å². The van der Waals surface area contributed by atoms with Gasteiger partial charge >= 0.3 is 0 Å². The molecule has 0 radical (unpaired) electrons. The van der Waals surface area contributed by atoms with Crippen molar-refractivity contribution in [3.63, 3.8) is 0 Å². The molecule has 1 N–H and O–H groups in total. The van der Waals surface area contributed by atoms with Crippen LogP contribution in [0.2, 0.25) is 0 Å². The second-order valence-electron chi connectivity index (χ2n) is 7.77. The fraction of sp³-hybridized carbons (Fsp3) is 0.364. The number of hydrogen-bond donors (Lipinski definition) is 1. The van der Waals surface area contributed by atoms with Crippen molar-refractivity contribution in [2.45, 2.75) is 19.9 Å². The Bertz CT molecular complexity index is 1050. The van der Waals surface area contributed by atoms with Gasteiger partial charge in [-0.1, -0.05) is 12.1 Å². The van der Waals surface area contributed by atoms with Gasteiger partial charge < -0.3 is 19.7 Å². The molecule has 28 heavy (non-hydrogen) atoms. The summed E-state index contributed by atoms with van der Waals surface area (Å²) in [6.07, 6.45) is 2.91. The number of nitrogens with one attached hydrogen (secondary N) is 1. The third-order valence-electron chi connectivity index (χ3n) is 6.01. The Balaban J connectivity index is 1.42. The van der Waals surface area contributed by atoms with Gasteiger partial charge in [-0.25, -0.2) is 4.98 Å². The summed E-state index contributed by atoms with van der Waals surface area (Å²) in [6.45, 7) is 5.79. The molecule has 1 aromatic carbocycles. The van der Waals surface area contributed by atoms with E-state index in [1.54, 1.807) is 0 Å². The van der Waals surface area contributed by atoms with Crippen molar-refractivity contribution in [3.05, 3.63) is 53.3 Å². The van der Waals surface area contributed by atoms with Gasteiger partial charge in [-0.15, -0.1) is 0 Å². The Morgan fingerprint density at radius 3 is 2.82 bits per heavy atom. The zero-order valence-corrected chi connectivity index (χ0v) is 16.4. The number of benzene rings is 1. The molecule has 2 aromatic heterocycles. The van der Waals surface area contributed by atoms with Crippen LogP contribution in [0.4, 0.5) is 11.5 Å². The number of aryl methyl sites for hydroxylation is 2. The number of nitrogens with zero attached hydrogens (tertiary/aromatic N) is 4. The van der Waals surface area contributed by atoms with Crippen molar-refractivity contribution in [1.29, 1.82) is 0 Å². The fourth-order valence-electron chi connectivity index (χ4n) is 4.45. The first-order valence-corrected chi connectivity index (χ1v) is 9.91. The summed E-state index contributed by atoms with van der Waals surface area (Å²) in [5.41, 5.74) is 6.13. The Hall–Kier alpha value is -2.86. The van der Waals surface area contributed by atoms with E-state index in [4.69, 9.17) is 0 Å². The average Bonchev–Trinajstić information content (AvgIpc) is 3.01. The normalized spacial score (nSPS) is 17.3. The summed E-state index contributed by atoms with van der Waals surface area (Å²) in [4.78, 5) is 21.3. The maximum absolute atomic E-state index is 12.9. The molecule has 1 fully saturated rings. The topological polar surface area (TPSA) is 53.4 Å². The molecular weight excluding hydrogens is 350 g/mol. The van der Waals surface area contributed by atoms with Crippen LogP contribution >= 0.6 is 0 Å². The molecule has 0 atom stereocenters. The minimum atomic E-state index is 0.119. The molecule has 144 valence electrons. The van der Waals surface area contributed by atoms with Gasteiger partial charge in [-0.2, -0.15) is 0 Å². The highest BCUT2D eigenvalue weighted by Gasteiger charge is 2.27. The van der Waals surface area contributed by atoms with Gasteiger partial charge in [-0.05, 0) is 36.2 Å². The zero-order valence-electron chi connectivity index (χ0n) is 16.4. The number of anilines is 2. The summed E-state index contributed by atoms with van der Waals surface area (Å²) < 4.78 is 2.30. The highest BCUT2D eigenvalue weighted by atomic mass is 16.2. The van der Waals surface area contributed by atoms with E-state index in [0.717, 1.165) is 43.1 Å². The molecule has 5 rings (SSSR count). The van der Waals surface area contributed by atoms with Gasteiger partial charge in [-0.3, -0.25) is 4.79 Å². The number of carbonyl (C=O) groups excluding carboxylic acids is 1. The van der Waals surface area contributed by atoms with Gasteiger partial charge in [0, 0.05) is 62.6 Å². The van der Waals surface area contributed by atoms with Crippen molar-refractivity contribution in [2.24, 2.45) is 7.05 Å². The molecule has 6 nitrogen and oxygen atoms in total. The molecule has 0 spiro atoms. The molecular formula is C22H25N5O. The number of rotatable bonds is 2. The lowest BCUT2D eigenvalue weighted by Gasteiger charge is -2.35. The Morgan fingerprint density at radius 2 is 2.04 bits per heavy atom. The zero-order chi connectivity index (χ0) is 19.3. The van der Waals surface area contributed by atoms with E-state index >= 15 is 0 Å². The maximum Gasteiger partial charge on any atom is 0.246 e. The maximum atomic E-state index is 12.9. The van der Waals surface area contributed by atoms with E-state index < -0.39 is 0 Å². The smallest absolute Gasteiger partial charge is 0.246 e. The van der Waals surface area contributed by atoms with Crippen LogP contribution in [0.25, 0.3) is 10.9 Å². The van der Waals surface area contributed by atoms with Gasteiger partial charge in [0.15, 0.2) is 0 Å². The molecule has 1 amide bonds. The van der Waals surface area contributed by atoms with E-state index in [0.29, 0.717) is 13.1 Å².